The van der Waals surface area contributed by atoms with Crippen LogP contribution >= 0.6 is 11.6 Å². The number of H-pyrrole nitrogens is 1. The summed E-state index contributed by atoms with van der Waals surface area (Å²) in [6.07, 6.45) is 0. The topological polar surface area (TPSA) is 61.5 Å². The summed E-state index contributed by atoms with van der Waals surface area (Å²) in [6.45, 7) is 7.27. The largest absolute Gasteiger partial charge is 0.379 e. The lowest BCUT2D eigenvalue weighted by Crippen LogP contribution is -2.47. The minimum Gasteiger partial charge on any atom is -0.379 e. The summed E-state index contributed by atoms with van der Waals surface area (Å²) in [7, 11) is 0. The van der Waals surface area contributed by atoms with Crippen LogP contribution < -0.4 is 0 Å². The fraction of sp³-hybridized carbons (Fsp3) is 0.391. The second-order valence-corrected chi connectivity index (χ2v) is 8.66. The Labute approximate surface area is 180 Å². The predicted octanol–water partition coefficient (Wildman–Crippen LogP) is 3.68. The van der Waals surface area contributed by atoms with Gasteiger partial charge in [-0.1, -0.05) is 18.5 Å². The number of carbonyl (C=O) groups is 1. The normalized spacial score (nSPS) is 22.7. The number of rotatable bonds is 3. The van der Waals surface area contributed by atoms with Crippen LogP contribution in [0.2, 0.25) is 5.02 Å². The first kappa shape index (κ1) is 19.5. The van der Waals surface area contributed by atoms with Crippen molar-refractivity contribution in [3.8, 4) is 11.4 Å². The van der Waals surface area contributed by atoms with Gasteiger partial charge in [-0.3, -0.25) is 9.69 Å². The lowest BCUT2D eigenvalue weighted by molar-refractivity contribution is 0.0119. The third-order valence-electron chi connectivity index (χ3n) is 6.22. The van der Waals surface area contributed by atoms with E-state index in [1.54, 1.807) is 0 Å². The smallest absolute Gasteiger partial charge is 0.253 e. The quantitative estimate of drug-likeness (QED) is 0.696. The van der Waals surface area contributed by atoms with Gasteiger partial charge in [0.05, 0.1) is 24.2 Å². The van der Waals surface area contributed by atoms with Gasteiger partial charge in [-0.05, 0) is 48.4 Å². The maximum Gasteiger partial charge on any atom is 0.253 e. The highest BCUT2D eigenvalue weighted by Crippen LogP contribution is 2.26. The van der Waals surface area contributed by atoms with E-state index in [1.807, 2.05) is 47.4 Å². The zero-order valence-corrected chi connectivity index (χ0v) is 17.7. The minimum atomic E-state index is 0.0853. The average molecular weight is 425 g/mol. The number of halogens is 1. The first-order chi connectivity index (χ1) is 14.6. The molecule has 7 heteroatoms. The van der Waals surface area contributed by atoms with Gasteiger partial charge in [0.15, 0.2) is 0 Å². The number of amides is 1. The zero-order chi connectivity index (χ0) is 20.7. The molecule has 0 radical (unpaired) electrons. The number of likely N-dealkylation sites (tertiary alicyclic amines) is 1. The maximum absolute atomic E-state index is 13.2. The van der Waals surface area contributed by atoms with Crippen LogP contribution in [-0.4, -0.2) is 71.1 Å². The molecule has 0 aliphatic carbocycles. The number of hydrogen-bond donors (Lipinski definition) is 1. The van der Waals surface area contributed by atoms with Gasteiger partial charge in [0.1, 0.15) is 5.82 Å². The molecule has 156 valence electrons. The van der Waals surface area contributed by atoms with Crippen LogP contribution in [0.3, 0.4) is 0 Å². The van der Waals surface area contributed by atoms with Crippen LogP contribution in [0, 0.1) is 5.92 Å². The Balaban J connectivity index is 1.35. The summed E-state index contributed by atoms with van der Waals surface area (Å²) in [5.74, 6) is 1.31. The molecule has 1 aromatic heterocycles. The fourth-order valence-corrected chi connectivity index (χ4v) is 4.70. The van der Waals surface area contributed by atoms with Gasteiger partial charge in [0, 0.05) is 48.4 Å². The van der Waals surface area contributed by atoms with Gasteiger partial charge in [0.25, 0.3) is 5.91 Å². The standard InChI is InChI=1S/C23H25ClN4O2/c1-15-13-28(14-21(15)27-8-10-30-11-9-27)23(29)17-4-7-19-20(12-17)26-22(25-19)16-2-5-18(24)6-3-16/h2-7,12,15,21H,8-11,13-14H2,1H3,(H,25,26). The van der Waals surface area contributed by atoms with E-state index in [1.165, 1.54) is 0 Å². The molecule has 2 saturated heterocycles. The predicted molar refractivity (Wildman–Crippen MR) is 118 cm³/mol. The Hall–Kier alpha value is -2.41. The van der Waals surface area contributed by atoms with E-state index in [0.29, 0.717) is 22.5 Å². The molecule has 1 amide bonds. The number of benzene rings is 2. The highest BCUT2D eigenvalue weighted by molar-refractivity contribution is 6.30. The van der Waals surface area contributed by atoms with Crippen molar-refractivity contribution in [2.45, 2.75) is 13.0 Å². The summed E-state index contributed by atoms with van der Waals surface area (Å²) in [6, 6.07) is 13.7. The first-order valence-corrected chi connectivity index (χ1v) is 10.8. The number of imidazole rings is 1. The second kappa shape index (κ2) is 8.02. The summed E-state index contributed by atoms with van der Waals surface area (Å²) >= 11 is 5.98. The molecule has 3 heterocycles. The number of aromatic amines is 1. The molecule has 1 N–H and O–H groups in total. The molecule has 0 saturated carbocycles. The van der Waals surface area contributed by atoms with E-state index in [9.17, 15) is 4.79 Å². The zero-order valence-electron chi connectivity index (χ0n) is 17.0. The molecule has 30 heavy (non-hydrogen) atoms. The van der Waals surface area contributed by atoms with Gasteiger partial charge in [-0.2, -0.15) is 0 Å². The molecule has 2 atom stereocenters. The Morgan fingerprint density at radius 3 is 2.67 bits per heavy atom. The molecule has 2 aromatic carbocycles. The van der Waals surface area contributed by atoms with Crippen molar-refractivity contribution in [1.29, 1.82) is 0 Å². The second-order valence-electron chi connectivity index (χ2n) is 8.23. The maximum atomic E-state index is 13.2. The van der Waals surface area contributed by atoms with Crippen LogP contribution in [0.15, 0.2) is 42.5 Å². The van der Waals surface area contributed by atoms with E-state index < -0.39 is 0 Å². The molecule has 3 aromatic rings. The van der Waals surface area contributed by atoms with Crippen LogP contribution in [0.25, 0.3) is 22.4 Å². The van der Waals surface area contributed by atoms with Gasteiger partial charge in [0.2, 0.25) is 0 Å². The number of fused-ring (bicyclic) bond motifs is 1. The van der Waals surface area contributed by atoms with Crippen molar-refractivity contribution in [1.82, 2.24) is 19.8 Å². The van der Waals surface area contributed by atoms with Gasteiger partial charge >= 0.3 is 0 Å². The van der Waals surface area contributed by atoms with Crippen molar-refractivity contribution < 1.29 is 9.53 Å². The Kier molecular flexibility index (Phi) is 5.23. The van der Waals surface area contributed by atoms with Crippen LogP contribution in [-0.2, 0) is 4.74 Å². The highest BCUT2D eigenvalue weighted by Gasteiger charge is 2.36. The highest BCUT2D eigenvalue weighted by atomic mass is 35.5. The molecule has 6 nitrogen and oxygen atoms in total. The minimum absolute atomic E-state index is 0.0853. The number of nitrogens with one attached hydrogen (secondary N) is 1. The van der Waals surface area contributed by atoms with Crippen molar-refractivity contribution in [2.75, 3.05) is 39.4 Å². The number of ether oxygens (including phenoxy) is 1. The lowest BCUT2D eigenvalue weighted by Gasteiger charge is -2.33. The molecule has 0 spiro atoms. The third kappa shape index (κ3) is 3.71. The van der Waals surface area contributed by atoms with Crippen molar-refractivity contribution >= 4 is 28.5 Å². The summed E-state index contributed by atoms with van der Waals surface area (Å²) in [5.41, 5.74) is 3.37. The van der Waals surface area contributed by atoms with Gasteiger partial charge in [-0.25, -0.2) is 4.98 Å². The number of nitrogens with zero attached hydrogens (tertiary/aromatic N) is 3. The van der Waals surface area contributed by atoms with Crippen molar-refractivity contribution in [3.63, 3.8) is 0 Å². The molecular weight excluding hydrogens is 400 g/mol. The van der Waals surface area contributed by atoms with Crippen molar-refractivity contribution in [3.05, 3.63) is 53.1 Å². The lowest BCUT2D eigenvalue weighted by atomic mass is 10.0. The Bertz CT molecular complexity index is 1060. The molecule has 2 aliphatic heterocycles. The summed E-state index contributed by atoms with van der Waals surface area (Å²) in [5, 5.41) is 0.693. The molecule has 5 rings (SSSR count). The molecule has 2 aliphatic rings. The van der Waals surface area contributed by atoms with Crippen LogP contribution in [0.1, 0.15) is 17.3 Å². The molecule has 0 bridgehead atoms. The third-order valence-corrected chi connectivity index (χ3v) is 6.47. The average Bonchev–Trinajstić information content (AvgIpc) is 3.37. The number of hydrogen-bond acceptors (Lipinski definition) is 4. The van der Waals surface area contributed by atoms with E-state index >= 15 is 0 Å². The first-order valence-electron chi connectivity index (χ1n) is 10.5. The molecular formula is C23H25ClN4O2. The van der Waals surface area contributed by atoms with Crippen LogP contribution in [0.4, 0.5) is 0 Å². The number of aromatic nitrogens is 2. The van der Waals surface area contributed by atoms with Crippen molar-refractivity contribution in [2.24, 2.45) is 5.92 Å². The van der Waals surface area contributed by atoms with Gasteiger partial charge in [-0.15, -0.1) is 0 Å². The summed E-state index contributed by atoms with van der Waals surface area (Å²) in [4.78, 5) is 25.7. The molecule has 2 unspecified atom stereocenters. The van der Waals surface area contributed by atoms with E-state index in [2.05, 4.69) is 21.8 Å². The summed E-state index contributed by atoms with van der Waals surface area (Å²) < 4.78 is 5.48. The number of carbonyl (C=O) groups excluding carboxylic acids is 1. The Morgan fingerprint density at radius 2 is 1.90 bits per heavy atom. The fourth-order valence-electron chi connectivity index (χ4n) is 4.57. The van der Waals surface area contributed by atoms with E-state index in [-0.39, 0.29) is 5.91 Å². The number of morpholine rings is 1. The van der Waals surface area contributed by atoms with Crippen LogP contribution in [0.5, 0.6) is 0 Å². The molecule has 2 fully saturated rings. The SMILES string of the molecule is CC1CN(C(=O)c2ccc3nc(-c4ccc(Cl)cc4)[nH]c3c2)CC1N1CCOCC1. The van der Waals surface area contributed by atoms with E-state index in [4.69, 9.17) is 16.3 Å². The van der Waals surface area contributed by atoms with Gasteiger partial charge < -0.3 is 14.6 Å². The monoisotopic (exact) mass is 424 g/mol. The van der Waals surface area contributed by atoms with E-state index in [0.717, 1.165) is 61.8 Å². The Morgan fingerprint density at radius 1 is 1.13 bits per heavy atom.